The fourth-order valence-electron chi connectivity index (χ4n) is 2.56. The number of piperidine rings is 1. The fraction of sp³-hybridized carbons (Fsp3) is 0.857. The smallest absolute Gasteiger partial charge is 0.326 e. The molecular formula is C14H26N2O4. The number of hydrogen-bond donors (Lipinski definition) is 2. The van der Waals surface area contributed by atoms with Crippen molar-refractivity contribution in [3.05, 3.63) is 0 Å². The number of nitrogens with one attached hydrogen (secondary N) is 1. The zero-order chi connectivity index (χ0) is 15.1. The highest BCUT2D eigenvalue weighted by molar-refractivity contribution is 5.82. The van der Waals surface area contributed by atoms with Gasteiger partial charge in [0, 0.05) is 19.7 Å². The number of carbonyl (C=O) groups is 2. The molecule has 1 aliphatic heterocycles. The van der Waals surface area contributed by atoms with Gasteiger partial charge in [-0.3, -0.25) is 0 Å². The van der Waals surface area contributed by atoms with Gasteiger partial charge in [-0.25, -0.2) is 9.59 Å². The van der Waals surface area contributed by atoms with Crippen LogP contribution in [-0.2, 0) is 9.53 Å². The van der Waals surface area contributed by atoms with E-state index in [1.807, 2.05) is 13.8 Å². The third kappa shape index (κ3) is 4.67. The lowest BCUT2D eigenvalue weighted by molar-refractivity contribution is -0.144. The molecule has 0 saturated carbocycles. The maximum atomic E-state index is 12.1. The lowest BCUT2D eigenvalue weighted by Gasteiger charge is -2.37. The number of carbonyl (C=O) groups excluding carboxylic acids is 1. The predicted molar refractivity (Wildman–Crippen MR) is 75.6 cm³/mol. The van der Waals surface area contributed by atoms with Crippen molar-refractivity contribution in [2.45, 2.75) is 52.2 Å². The number of rotatable bonds is 6. The monoisotopic (exact) mass is 286 g/mol. The second kappa shape index (κ2) is 8.09. The molecule has 2 N–H and O–H groups in total. The van der Waals surface area contributed by atoms with Gasteiger partial charge in [-0.2, -0.15) is 0 Å². The van der Waals surface area contributed by atoms with Crippen LogP contribution in [0.2, 0.25) is 0 Å². The molecule has 116 valence electrons. The summed E-state index contributed by atoms with van der Waals surface area (Å²) in [6.07, 6.45) is 2.30. The minimum atomic E-state index is -0.920. The van der Waals surface area contributed by atoms with E-state index in [0.717, 1.165) is 12.8 Å². The van der Waals surface area contributed by atoms with E-state index in [-0.39, 0.29) is 12.1 Å². The van der Waals surface area contributed by atoms with Gasteiger partial charge >= 0.3 is 12.0 Å². The van der Waals surface area contributed by atoms with Gasteiger partial charge in [-0.05, 0) is 32.6 Å². The Hall–Kier alpha value is -1.30. The average molecular weight is 286 g/mol. The number of likely N-dealkylation sites (tertiary alicyclic amines) is 1. The van der Waals surface area contributed by atoms with Crippen LogP contribution in [0.25, 0.3) is 0 Å². The molecule has 3 atom stereocenters. The van der Waals surface area contributed by atoms with Crippen LogP contribution in [0, 0.1) is 5.92 Å². The molecule has 20 heavy (non-hydrogen) atoms. The average Bonchev–Trinajstić information content (AvgIpc) is 2.44. The summed E-state index contributed by atoms with van der Waals surface area (Å²) in [6, 6.07) is -1.02. The second-order valence-electron chi connectivity index (χ2n) is 5.30. The van der Waals surface area contributed by atoms with Gasteiger partial charge < -0.3 is 20.1 Å². The Bertz CT molecular complexity index is 335. The van der Waals surface area contributed by atoms with Crippen molar-refractivity contribution >= 4 is 12.0 Å². The maximum Gasteiger partial charge on any atom is 0.326 e. The first-order valence-corrected chi connectivity index (χ1v) is 7.38. The van der Waals surface area contributed by atoms with E-state index in [4.69, 9.17) is 4.74 Å². The van der Waals surface area contributed by atoms with Crippen molar-refractivity contribution in [2.24, 2.45) is 5.92 Å². The molecule has 0 bridgehead atoms. The highest BCUT2D eigenvalue weighted by Gasteiger charge is 2.35. The molecule has 1 fully saturated rings. The summed E-state index contributed by atoms with van der Waals surface area (Å²) in [5, 5.41) is 12.0. The van der Waals surface area contributed by atoms with Gasteiger partial charge in [0.15, 0.2) is 0 Å². The highest BCUT2D eigenvalue weighted by Crippen LogP contribution is 2.25. The largest absolute Gasteiger partial charge is 0.480 e. The zero-order valence-corrected chi connectivity index (χ0v) is 12.6. The Labute approximate surface area is 120 Å². The summed E-state index contributed by atoms with van der Waals surface area (Å²) in [4.78, 5) is 24.9. The number of aliphatic carboxylic acids is 1. The molecule has 3 unspecified atom stereocenters. The molecule has 0 aromatic heterocycles. The molecule has 0 aliphatic carbocycles. The lowest BCUT2D eigenvalue weighted by atomic mass is 9.89. The number of nitrogens with zero attached hydrogens (tertiary/aromatic N) is 1. The van der Waals surface area contributed by atoms with Crippen LogP contribution in [0.3, 0.4) is 0 Å². The van der Waals surface area contributed by atoms with Crippen LogP contribution >= 0.6 is 0 Å². The van der Waals surface area contributed by atoms with Gasteiger partial charge in [-0.15, -0.1) is 0 Å². The van der Waals surface area contributed by atoms with Gasteiger partial charge in [-0.1, -0.05) is 13.3 Å². The van der Waals surface area contributed by atoms with E-state index < -0.39 is 12.0 Å². The Morgan fingerprint density at radius 3 is 2.70 bits per heavy atom. The third-order valence-electron chi connectivity index (χ3n) is 3.83. The standard InChI is InChI=1S/C14H26N2O4/c1-4-11-6-7-16(12(8-11)13(17)18)14(19)15-9-10(3)20-5-2/h10-12H,4-9H2,1-3H3,(H,15,19)(H,17,18). The quantitative estimate of drug-likeness (QED) is 0.779. The molecule has 6 nitrogen and oxygen atoms in total. The van der Waals surface area contributed by atoms with Gasteiger partial charge in [0.25, 0.3) is 0 Å². The van der Waals surface area contributed by atoms with Crippen LogP contribution in [0.15, 0.2) is 0 Å². The molecular weight excluding hydrogens is 260 g/mol. The van der Waals surface area contributed by atoms with Crippen molar-refractivity contribution in [3.8, 4) is 0 Å². The maximum absolute atomic E-state index is 12.1. The molecule has 1 saturated heterocycles. The second-order valence-corrected chi connectivity index (χ2v) is 5.30. The van der Waals surface area contributed by atoms with E-state index in [1.165, 1.54) is 4.90 Å². The molecule has 0 aromatic rings. The Morgan fingerprint density at radius 2 is 2.15 bits per heavy atom. The van der Waals surface area contributed by atoms with Crippen molar-refractivity contribution in [2.75, 3.05) is 19.7 Å². The SMILES string of the molecule is CCOC(C)CNC(=O)N1CCC(CC)CC1C(=O)O. The van der Waals surface area contributed by atoms with E-state index in [1.54, 1.807) is 0 Å². The lowest BCUT2D eigenvalue weighted by Crippen LogP contribution is -2.54. The minimum Gasteiger partial charge on any atom is -0.480 e. The zero-order valence-electron chi connectivity index (χ0n) is 12.6. The molecule has 6 heteroatoms. The Kier molecular flexibility index (Phi) is 6.78. The molecule has 2 amide bonds. The van der Waals surface area contributed by atoms with Crippen LogP contribution in [0.4, 0.5) is 4.79 Å². The van der Waals surface area contributed by atoms with Crippen molar-refractivity contribution in [3.63, 3.8) is 0 Å². The summed E-state index contributed by atoms with van der Waals surface area (Å²) in [7, 11) is 0. The molecule has 1 rings (SSSR count). The van der Waals surface area contributed by atoms with E-state index >= 15 is 0 Å². The number of hydrogen-bond acceptors (Lipinski definition) is 3. The molecule has 1 aliphatic rings. The summed E-state index contributed by atoms with van der Waals surface area (Å²) < 4.78 is 5.34. The summed E-state index contributed by atoms with van der Waals surface area (Å²) in [6.45, 7) is 7.33. The summed E-state index contributed by atoms with van der Waals surface area (Å²) in [5.41, 5.74) is 0. The van der Waals surface area contributed by atoms with Crippen LogP contribution < -0.4 is 5.32 Å². The first-order valence-electron chi connectivity index (χ1n) is 7.38. The normalized spacial score (nSPS) is 24.2. The van der Waals surface area contributed by atoms with Crippen molar-refractivity contribution in [1.82, 2.24) is 10.2 Å². The highest BCUT2D eigenvalue weighted by atomic mass is 16.5. The van der Waals surface area contributed by atoms with Crippen LogP contribution in [0.1, 0.15) is 40.0 Å². The third-order valence-corrected chi connectivity index (χ3v) is 3.83. The van der Waals surface area contributed by atoms with Crippen molar-refractivity contribution in [1.29, 1.82) is 0 Å². The van der Waals surface area contributed by atoms with Crippen LogP contribution in [-0.4, -0.2) is 53.8 Å². The Morgan fingerprint density at radius 1 is 1.45 bits per heavy atom. The molecule has 1 heterocycles. The number of carboxylic acid groups (broad SMARTS) is 1. The van der Waals surface area contributed by atoms with E-state index in [2.05, 4.69) is 12.2 Å². The Balaban J connectivity index is 2.54. The first-order chi connectivity index (χ1) is 9.49. The van der Waals surface area contributed by atoms with E-state index in [9.17, 15) is 14.7 Å². The van der Waals surface area contributed by atoms with Gasteiger partial charge in [0.1, 0.15) is 6.04 Å². The molecule has 0 radical (unpaired) electrons. The topological polar surface area (TPSA) is 78.9 Å². The molecule has 0 spiro atoms. The minimum absolute atomic E-state index is 0.0691. The number of amides is 2. The summed E-state index contributed by atoms with van der Waals surface area (Å²) in [5.74, 6) is -0.529. The predicted octanol–water partition coefficient (Wildman–Crippen LogP) is 1.70. The van der Waals surface area contributed by atoms with Gasteiger partial charge in [0.05, 0.1) is 6.10 Å². The van der Waals surface area contributed by atoms with Crippen molar-refractivity contribution < 1.29 is 19.4 Å². The molecule has 0 aromatic carbocycles. The summed E-state index contributed by atoms with van der Waals surface area (Å²) >= 11 is 0. The first kappa shape index (κ1) is 16.8. The van der Waals surface area contributed by atoms with Gasteiger partial charge in [0.2, 0.25) is 0 Å². The van der Waals surface area contributed by atoms with E-state index in [0.29, 0.717) is 32.0 Å². The number of urea groups is 1. The van der Waals surface area contributed by atoms with Crippen LogP contribution in [0.5, 0.6) is 0 Å². The number of carboxylic acids is 1. The number of ether oxygens (including phenoxy) is 1. The fourth-order valence-corrected chi connectivity index (χ4v) is 2.56.